The lowest BCUT2D eigenvalue weighted by molar-refractivity contribution is 0.00164. The lowest BCUT2D eigenvalue weighted by Crippen LogP contribution is -2.35. The standard InChI is InChI=1S/C28H33N3O5/c32-23(20-33-21-25-12-8-16-35-25)17-30(18-24-11-7-15-34-24)19-26-27(22-9-3-1-4-10-22)29-36-28(26)31-13-5-2-6-14-31/h1,3-4,7-12,15-16,23,32H,2,5-6,13-14,17-21H2. The van der Waals surface area contributed by atoms with Crippen LogP contribution in [0.4, 0.5) is 5.88 Å². The third-order valence-corrected chi connectivity index (χ3v) is 6.40. The van der Waals surface area contributed by atoms with Crippen molar-refractivity contribution in [2.45, 2.75) is 45.1 Å². The van der Waals surface area contributed by atoms with Gasteiger partial charge in [0, 0.05) is 31.7 Å². The maximum Gasteiger partial charge on any atom is 0.232 e. The summed E-state index contributed by atoms with van der Waals surface area (Å²) in [6, 6.07) is 17.6. The van der Waals surface area contributed by atoms with E-state index in [-0.39, 0.29) is 6.61 Å². The number of furan rings is 2. The SMILES string of the molecule is OC(COCc1ccco1)CN(Cc1ccco1)Cc1c(-c2ccccc2)noc1N1CCCCC1. The molecule has 0 saturated carbocycles. The van der Waals surface area contributed by atoms with Gasteiger partial charge >= 0.3 is 0 Å². The number of hydrogen-bond acceptors (Lipinski definition) is 8. The van der Waals surface area contributed by atoms with Crippen molar-refractivity contribution in [1.29, 1.82) is 0 Å². The van der Waals surface area contributed by atoms with Gasteiger partial charge in [0.1, 0.15) is 23.8 Å². The van der Waals surface area contributed by atoms with Gasteiger partial charge in [-0.05, 0) is 43.5 Å². The van der Waals surface area contributed by atoms with Crippen LogP contribution in [0.3, 0.4) is 0 Å². The molecule has 1 saturated heterocycles. The Balaban J connectivity index is 1.36. The summed E-state index contributed by atoms with van der Waals surface area (Å²) in [5.74, 6) is 2.38. The van der Waals surface area contributed by atoms with Gasteiger partial charge in [0.05, 0.1) is 37.3 Å². The van der Waals surface area contributed by atoms with Crippen molar-refractivity contribution >= 4 is 5.88 Å². The number of nitrogens with zero attached hydrogens (tertiary/aromatic N) is 3. The van der Waals surface area contributed by atoms with Gasteiger partial charge in [-0.2, -0.15) is 0 Å². The van der Waals surface area contributed by atoms with Gasteiger partial charge in [0.2, 0.25) is 5.88 Å². The van der Waals surface area contributed by atoms with Crippen molar-refractivity contribution in [3.05, 3.63) is 84.2 Å². The zero-order chi connectivity index (χ0) is 24.6. The molecular weight excluding hydrogens is 458 g/mol. The molecule has 8 nitrogen and oxygen atoms in total. The fourth-order valence-electron chi connectivity index (χ4n) is 4.68. The highest BCUT2D eigenvalue weighted by Crippen LogP contribution is 2.34. The lowest BCUT2D eigenvalue weighted by atomic mass is 10.1. The molecule has 0 aliphatic carbocycles. The Bertz CT molecular complexity index is 1150. The van der Waals surface area contributed by atoms with Crippen LogP contribution in [0.1, 0.15) is 36.3 Å². The van der Waals surface area contributed by atoms with Crippen molar-refractivity contribution in [1.82, 2.24) is 10.1 Å². The molecule has 0 radical (unpaired) electrons. The monoisotopic (exact) mass is 491 g/mol. The molecule has 0 bridgehead atoms. The van der Waals surface area contributed by atoms with Crippen LogP contribution in [0.2, 0.25) is 0 Å². The highest BCUT2D eigenvalue weighted by Gasteiger charge is 2.26. The number of aromatic nitrogens is 1. The van der Waals surface area contributed by atoms with Gasteiger partial charge in [0.15, 0.2) is 0 Å². The normalized spacial score (nSPS) is 15.0. The predicted octanol–water partition coefficient (Wildman–Crippen LogP) is 5.10. The Morgan fingerprint density at radius 2 is 1.67 bits per heavy atom. The van der Waals surface area contributed by atoms with E-state index in [2.05, 4.69) is 27.1 Å². The average molecular weight is 492 g/mol. The Morgan fingerprint density at radius 3 is 2.39 bits per heavy atom. The zero-order valence-corrected chi connectivity index (χ0v) is 20.4. The highest BCUT2D eigenvalue weighted by molar-refractivity contribution is 5.68. The first kappa shape index (κ1) is 24.4. The van der Waals surface area contributed by atoms with Crippen LogP contribution < -0.4 is 4.90 Å². The van der Waals surface area contributed by atoms with Gasteiger partial charge < -0.3 is 28.1 Å². The van der Waals surface area contributed by atoms with Gasteiger partial charge in [0.25, 0.3) is 0 Å². The summed E-state index contributed by atoms with van der Waals surface area (Å²) in [6.45, 7) is 3.93. The molecule has 4 heterocycles. The Morgan fingerprint density at radius 1 is 0.917 bits per heavy atom. The Hall–Kier alpha value is -3.33. The minimum absolute atomic E-state index is 0.198. The quantitative estimate of drug-likeness (QED) is 0.293. The van der Waals surface area contributed by atoms with Crippen molar-refractivity contribution < 1.29 is 23.2 Å². The second-order valence-corrected chi connectivity index (χ2v) is 9.23. The summed E-state index contributed by atoms with van der Waals surface area (Å²) in [5.41, 5.74) is 2.88. The van der Waals surface area contributed by atoms with Crippen LogP contribution in [0.15, 0.2) is 80.5 Å². The molecule has 36 heavy (non-hydrogen) atoms. The first-order valence-corrected chi connectivity index (χ1v) is 12.6. The van der Waals surface area contributed by atoms with Crippen molar-refractivity contribution in [2.75, 3.05) is 31.1 Å². The summed E-state index contributed by atoms with van der Waals surface area (Å²) in [7, 11) is 0. The average Bonchev–Trinajstić information content (AvgIpc) is 3.68. The highest BCUT2D eigenvalue weighted by atomic mass is 16.5. The number of aliphatic hydroxyl groups excluding tert-OH is 1. The first-order chi connectivity index (χ1) is 17.8. The van der Waals surface area contributed by atoms with Gasteiger partial charge in [-0.3, -0.25) is 4.90 Å². The van der Waals surface area contributed by atoms with Crippen LogP contribution in [-0.2, 0) is 24.4 Å². The van der Waals surface area contributed by atoms with E-state index in [4.69, 9.17) is 18.1 Å². The van der Waals surface area contributed by atoms with Crippen LogP contribution in [0, 0.1) is 0 Å². The molecule has 5 rings (SSSR count). The summed E-state index contributed by atoms with van der Waals surface area (Å²) in [4.78, 5) is 4.46. The number of benzene rings is 1. The lowest BCUT2D eigenvalue weighted by Gasteiger charge is -2.29. The van der Waals surface area contributed by atoms with Crippen LogP contribution in [-0.4, -0.2) is 47.5 Å². The zero-order valence-electron chi connectivity index (χ0n) is 20.4. The number of ether oxygens (including phenoxy) is 1. The summed E-state index contributed by atoms with van der Waals surface area (Å²) in [5, 5.41) is 15.3. The van der Waals surface area contributed by atoms with Crippen molar-refractivity contribution in [3.8, 4) is 11.3 Å². The minimum Gasteiger partial charge on any atom is -0.468 e. The number of anilines is 1. The molecule has 1 N–H and O–H groups in total. The molecule has 4 aromatic rings. The van der Waals surface area contributed by atoms with Crippen molar-refractivity contribution in [3.63, 3.8) is 0 Å². The Kier molecular flexibility index (Phi) is 8.17. The first-order valence-electron chi connectivity index (χ1n) is 12.6. The topological polar surface area (TPSA) is 88.2 Å². The third kappa shape index (κ3) is 6.26. The molecule has 1 aliphatic heterocycles. The summed E-state index contributed by atoms with van der Waals surface area (Å²) >= 11 is 0. The molecule has 8 heteroatoms. The molecule has 1 atom stereocenters. The molecule has 190 valence electrons. The second kappa shape index (κ2) is 12.1. The van der Waals surface area contributed by atoms with Crippen molar-refractivity contribution in [2.24, 2.45) is 0 Å². The number of rotatable bonds is 12. The van der Waals surface area contributed by atoms with Crippen LogP contribution in [0.25, 0.3) is 11.3 Å². The molecule has 1 fully saturated rings. The fraction of sp³-hybridized carbons (Fsp3) is 0.393. The molecule has 1 aromatic carbocycles. The minimum atomic E-state index is -0.687. The smallest absolute Gasteiger partial charge is 0.232 e. The Labute approximate surface area is 211 Å². The van der Waals surface area contributed by atoms with E-state index in [1.54, 1.807) is 12.5 Å². The predicted molar refractivity (Wildman–Crippen MR) is 135 cm³/mol. The molecule has 0 amide bonds. The van der Waals surface area contributed by atoms with E-state index in [0.717, 1.165) is 60.2 Å². The van der Waals surface area contributed by atoms with Crippen LogP contribution in [0.5, 0.6) is 0 Å². The van der Waals surface area contributed by atoms with E-state index in [9.17, 15) is 5.11 Å². The molecular formula is C28H33N3O5. The maximum absolute atomic E-state index is 10.8. The van der Waals surface area contributed by atoms with E-state index in [1.807, 2.05) is 42.5 Å². The summed E-state index contributed by atoms with van der Waals surface area (Å²) < 4.78 is 22.6. The molecule has 1 unspecified atom stereocenters. The number of aliphatic hydroxyl groups is 1. The van der Waals surface area contributed by atoms with Gasteiger partial charge in [-0.15, -0.1) is 0 Å². The largest absolute Gasteiger partial charge is 0.468 e. The van der Waals surface area contributed by atoms with Gasteiger partial charge in [-0.25, -0.2) is 0 Å². The third-order valence-electron chi connectivity index (χ3n) is 6.40. The maximum atomic E-state index is 10.8. The molecule has 3 aromatic heterocycles. The summed E-state index contributed by atoms with van der Waals surface area (Å²) in [6.07, 6.45) is 6.12. The van der Waals surface area contributed by atoms with E-state index in [0.29, 0.717) is 26.2 Å². The van der Waals surface area contributed by atoms with Gasteiger partial charge in [-0.1, -0.05) is 35.5 Å². The number of hydrogen-bond donors (Lipinski definition) is 1. The van der Waals surface area contributed by atoms with Crippen LogP contribution >= 0.6 is 0 Å². The molecule has 0 spiro atoms. The van der Waals surface area contributed by atoms with E-state index < -0.39 is 6.10 Å². The fourth-order valence-corrected chi connectivity index (χ4v) is 4.68. The number of piperidine rings is 1. The van der Waals surface area contributed by atoms with E-state index in [1.165, 1.54) is 6.42 Å². The second-order valence-electron chi connectivity index (χ2n) is 9.23. The van der Waals surface area contributed by atoms with E-state index >= 15 is 0 Å². The molecule has 1 aliphatic rings.